The Morgan fingerprint density at radius 1 is 1.12 bits per heavy atom. The summed E-state index contributed by atoms with van der Waals surface area (Å²) in [6.45, 7) is 1.93. The molecule has 0 unspecified atom stereocenters. The number of hydrogen-bond acceptors (Lipinski definition) is 2. The molecule has 2 aromatic carbocycles. The number of H-pyrrole nitrogens is 1. The first kappa shape index (κ1) is 17.0. The monoisotopic (exact) mass is 355 g/mol. The molecule has 5 nitrogen and oxygen atoms in total. The van der Waals surface area contributed by atoms with Crippen LogP contribution in [0.4, 0.5) is 0 Å². The topological polar surface area (TPSA) is 74.0 Å². The lowest BCUT2D eigenvalue weighted by molar-refractivity contribution is -0.121. The van der Waals surface area contributed by atoms with Gasteiger partial charge in [0.15, 0.2) is 0 Å². The Morgan fingerprint density at radius 2 is 1.92 bits per heavy atom. The zero-order valence-electron chi connectivity index (χ0n) is 13.7. The molecule has 0 bridgehead atoms. The molecule has 0 aliphatic heterocycles. The van der Waals surface area contributed by atoms with Gasteiger partial charge in [-0.15, -0.1) is 0 Å². The number of carbonyl (C=O) groups is 2. The van der Waals surface area contributed by atoms with E-state index in [0.717, 1.165) is 22.0 Å². The second-order valence-corrected chi connectivity index (χ2v) is 6.24. The fourth-order valence-corrected chi connectivity index (χ4v) is 2.77. The maximum absolute atomic E-state index is 12.2. The number of fused-ring (bicyclic) bond motifs is 1. The number of amides is 2. The van der Waals surface area contributed by atoms with Gasteiger partial charge in [0.1, 0.15) is 0 Å². The first-order valence-electron chi connectivity index (χ1n) is 7.95. The van der Waals surface area contributed by atoms with Gasteiger partial charge in [-0.1, -0.05) is 41.9 Å². The van der Waals surface area contributed by atoms with Crippen molar-refractivity contribution in [3.63, 3.8) is 0 Å². The molecule has 0 spiro atoms. The van der Waals surface area contributed by atoms with Gasteiger partial charge in [0.05, 0.1) is 5.56 Å². The summed E-state index contributed by atoms with van der Waals surface area (Å²) < 4.78 is 0. The van der Waals surface area contributed by atoms with Crippen LogP contribution in [0.25, 0.3) is 10.9 Å². The highest BCUT2D eigenvalue weighted by Crippen LogP contribution is 2.18. The molecule has 0 radical (unpaired) electrons. The molecule has 3 aromatic rings. The number of para-hydroxylation sites is 1. The summed E-state index contributed by atoms with van der Waals surface area (Å²) in [5.41, 5.74) is 8.23. The Kier molecular flexibility index (Phi) is 5.05. The van der Waals surface area contributed by atoms with E-state index in [9.17, 15) is 9.59 Å². The van der Waals surface area contributed by atoms with Crippen LogP contribution in [0.3, 0.4) is 0 Å². The van der Waals surface area contributed by atoms with Crippen molar-refractivity contribution in [2.75, 3.05) is 0 Å². The van der Waals surface area contributed by atoms with Crippen LogP contribution >= 0.6 is 11.6 Å². The predicted molar refractivity (Wildman–Crippen MR) is 98.4 cm³/mol. The standard InChI is InChI=1S/C19H18ClN3O2/c1-12-6-7-13(10-16(12)20)8-9-18(24)22-23-19(25)15-11-21-17-5-3-2-4-14(15)17/h2-7,10-11,21H,8-9H2,1H3,(H,22,24)(H,23,25). The quantitative estimate of drug-likeness (QED) is 0.626. The van der Waals surface area contributed by atoms with Crippen molar-refractivity contribution in [1.29, 1.82) is 0 Å². The highest BCUT2D eigenvalue weighted by molar-refractivity contribution is 6.31. The van der Waals surface area contributed by atoms with Crippen LogP contribution in [-0.2, 0) is 11.2 Å². The second-order valence-electron chi connectivity index (χ2n) is 5.83. The van der Waals surface area contributed by atoms with Gasteiger partial charge in [-0.3, -0.25) is 20.4 Å². The summed E-state index contributed by atoms with van der Waals surface area (Å²) >= 11 is 6.08. The Bertz CT molecular complexity index is 933. The second kappa shape index (κ2) is 7.40. The number of carbonyl (C=O) groups excluding carboxylic acids is 2. The number of benzene rings is 2. The summed E-state index contributed by atoms with van der Waals surface area (Å²) in [6.07, 6.45) is 2.43. The molecule has 6 heteroatoms. The average molecular weight is 356 g/mol. The van der Waals surface area contributed by atoms with Gasteiger partial charge in [-0.05, 0) is 36.6 Å². The lowest BCUT2D eigenvalue weighted by Crippen LogP contribution is -2.41. The molecule has 0 aliphatic carbocycles. The fourth-order valence-electron chi connectivity index (χ4n) is 2.57. The van der Waals surface area contributed by atoms with E-state index in [1.807, 2.05) is 49.4 Å². The molecule has 3 N–H and O–H groups in total. The van der Waals surface area contributed by atoms with Crippen molar-refractivity contribution >= 4 is 34.3 Å². The Morgan fingerprint density at radius 3 is 2.72 bits per heavy atom. The molecule has 1 heterocycles. The van der Waals surface area contributed by atoms with Crippen LogP contribution in [0, 0.1) is 6.92 Å². The van der Waals surface area contributed by atoms with E-state index in [1.165, 1.54) is 0 Å². The third kappa shape index (κ3) is 4.00. The molecule has 1 aromatic heterocycles. The lowest BCUT2D eigenvalue weighted by atomic mass is 10.1. The normalized spacial score (nSPS) is 10.6. The SMILES string of the molecule is Cc1ccc(CCC(=O)NNC(=O)c2c[nH]c3ccccc23)cc1Cl. The van der Waals surface area contributed by atoms with Crippen molar-refractivity contribution in [1.82, 2.24) is 15.8 Å². The van der Waals surface area contributed by atoms with E-state index in [0.29, 0.717) is 17.0 Å². The Labute approximate surface area is 150 Å². The van der Waals surface area contributed by atoms with Crippen molar-refractivity contribution in [3.8, 4) is 0 Å². The van der Waals surface area contributed by atoms with Gasteiger partial charge in [0.2, 0.25) is 5.91 Å². The molecule has 0 atom stereocenters. The number of nitrogens with one attached hydrogen (secondary N) is 3. The van der Waals surface area contributed by atoms with Crippen LogP contribution in [0.2, 0.25) is 5.02 Å². The Hall–Kier alpha value is -2.79. The third-order valence-electron chi connectivity index (χ3n) is 4.03. The van der Waals surface area contributed by atoms with Crippen molar-refractivity contribution in [2.24, 2.45) is 0 Å². The van der Waals surface area contributed by atoms with E-state index < -0.39 is 0 Å². The van der Waals surface area contributed by atoms with Crippen LogP contribution < -0.4 is 10.9 Å². The number of aromatic amines is 1. The van der Waals surface area contributed by atoms with Gasteiger partial charge in [0, 0.05) is 28.5 Å². The number of halogens is 1. The van der Waals surface area contributed by atoms with Crippen LogP contribution in [0.1, 0.15) is 27.9 Å². The van der Waals surface area contributed by atoms with Crippen molar-refractivity contribution in [2.45, 2.75) is 19.8 Å². The van der Waals surface area contributed by atoms with E-state index in [2.05, 4.69) is 15.8 Å². The van der Waals surface area contributed by atoms with Gasteiger partial charge >= 0.3 is 0 Å². The molecular formula is C19H18ClN3O2. The van der Waals surface area contributed by atoms with E-state index in [4.69, 9.17) is 11.6 Å². The molecular weight excluding hydrogens is 338 g/mol. The maximum atomic E-state index is 12.2. The minimum Gasteiger partial charge on any atom is -0.360 e. The summed E-state index contributed by atoms with van der Waals surface area (Å²) in [7, 11) is 0. The van der Waals surface area contributed by atoms with E-state index in [1.54, 1.807) is 6.20 Å². The smallest absolute Gasteiger partial charge is 0.271 e. The molecule has 3 rings (SSSR count). The number of hydrazine groups is 1. The number of aromatic nitrogens is 1. The van der Waals surface area contributed by atoms with Gasteiger partial charge in [-0.25, -0.2) is 0 Å². The first-order valence-corrected chi connectivity index (χ1v) is 8.33. The minimum atomic E-state index is -0.357. The van der Waals surface area contributed by atoms with Crippen LogP contribution in [0.15, 0.2) is 48.7 Å². The molecule has 0 saturated carbocycles. The number of aryl methyl sites for hydroxylation is 2. The zero-order valence-corrected chi connectivity index (χ0v) is 14.5. The van der Waals surface area contributed by atoms with Gasteiger partial charge < -0.3 is 4.98 Å². The summed E-state index contributed by atoms with van der Waals surface area (Å²) in [4.78, 5) is 27.2. The first-order chi connectivity index (χ1) is 12.0. The van der Waals surface area contributed by atoms with Crippen molar-refractivity contribution < 1.29 is 9.59 Å². The van der Waals surface area contributed by atoms with Crippen LogP contribution in [0.5, 0.6) is 0 Å². The van der Waals surface area contributed by atoms with Gasteiger partial charge in [-0.2, -0.15) is 0 Å². The molecule has 2 amide bonds. The predicted octanol–water partition coefficient (Wildman–Crippen LogP) is 3.52. The fraction of sp³-hybridized carbons (Fsp3) is 0.158. The van der Waals surface area contributed by atoms with Crippen LogP contribution in [-0.4, -0.2) is 16.8 Å². The molecule has 128 valence electrons. The third-order valence-corrected chi connectivity index (χ3v) is 4.43. The lowest BCUT2D eigenvalue weighted by Gasteiger charge is -2.07. The largest absolute Gasteiger partial charge is 0.360 e. The maximum Gasteiger partial charge on any atom is 0.271 e. The molecule has 0 fully saturated rings. The highest BCUT2D eigenvalue weighted by atomic mass is 35.5. The van der Waals surface area contributed by atoms with E-state index >= 15 is 0 Å². The molecule has 25 heavy (non-hydrogen) atoms. The number of rotatable bonds is 4. The Balaban J connectivity index is 1.53. The highest BCUT2D eigenvalue weighted by Gasteiger charge is 2.12. The molecule has 0 aliphatic rings. The van der Waals surface area contributed by atoms with Crippen molar-refractivity contribution in [3.05, 3.63) is 70.4 Å². The van der Waals surface area contributed by atoms with E-state index in [-0.39, 0.29) is 18.2 Å². The summed E-state index contributed by atoms with van der Waals surface area (Å²) in [5, 5.41) is 1.49. The van der Waals surface area contributed by atoms with Gasteiger partial charge in [0.25, 0.3) is 5.91 Å². The molecule has 0 saturated heterocycles. The summed E-state index contributed by atoms with van der Waals surface area (Å²) in [6, 6.07) is 13.2. The summed E-state index contributed by atoms with van der Waals surface area (Å²) in [5.74, 6) is -0.617. The number of hydrogen-bond donors (Lipinski definition) is 3. The minimum absolute atomic E-state index is 0.257. The zero-order chi connectivity index (χ0) is 17.8. The average Bonchev–Trinajstić information content (AvgIpc) is 3.05.